The monoisotopic (exact) mass is 340 g/mol. The molecule has 0 saturated carbocycles. The zero-order valence-corrected chi connectivity index (χ0v) is 14.1. The summed E-state index contributed by atoms with van der Waals surface area (Å²) in [7, 11) is 0. The van der Waals surface area contributed by atoms with Crippen molar-refractivity contribution in [2.75, 3.05) is 6.54 Å². The molecule has 120 valence electrons. The molecular formula is C17H22Cl2N2O. The van der Waals surface area contributed by atoms with Crippen molar-refractivity contribution in [1.29, 1.82) is 0 Å². The number of nitrogens with one attached hydrogen (secondary N) is 2. The molecule has 0 spiro atoms. The van der Waals surface area contributed by atoms with Crippen molar-refractivity contribution in [3.8, 4) is 0 Å². The molecule has 2 aliphatic heterocycles. The number of carbonyl (C=O) groups excluding carboxylic acids is 1. The maximum absolute atomic E-state index is 12.1. The summed E-state index contributed by atoms with van der Waals surface area (Å²) in [5.41, 5.74) is 0.908. The van der Waals surface area contributed by atoms with E-state index in [0.29, 0.717) is 47.4 Å². The highest BCUT2D eigenvalue weighted by molar-refractivity contribution is 6.35. The highest BCUT2D eigenvalue weighted by Crippen LogP contribution is 2.32. The molecule has 22 heavy (non-hydrogen) atoms. The molecule has 2 aliphatic rings. The molecular weight excluding hydrogens is 319 g/mol. The van der Waals surface area contributed by atoms with Crippen molar-refractivity contribution in [2.24, 2.45) is 5.92 Å². The smallest absolute Gasteiger partial charge is 0.220 e. The Morgan fingerprint density at radius 2 is 1.82 bits per heavy atom. The average Bonchev–Trinajstić information content (AvgIpc) is 2.81. The van der Waals surface area contributed by atoms with E-state index in [0.717, 1.165) is 18.4 Å². The Labute approximate surface area is 141 Å². The second-order valence-electron chi connectivity index (χ2n) is 6.48. The van der Waals surface area contributed by atoms with Gasteiger partial charge in [0.15, 0.2) is 0 Å². The van der Waals surface area contributed by atoms with Crippen LogP contribution in [-0.2, 0) is 11.2 Å². The Morgan fingerprint density at radius 3 is 2.45 bits per heavy atom. The third-order valence-electron chi connectivity index (χ3n) is 4.80. The number of fused-ring (bicyclic) bond motifs is 2. The van der Waals surface area contributed by atoms with Gasteiger partial charge in [0.2, 0.25) is 5.91 Å². The van der Waals surface area contributed by atoms with Crippen LogP contribution in [-0.4, -0.2) is 24.5 Å². The number of hydrogen-bond acceptors (Lipinski definition) is 2. The Morgan fingerprint density at radius 1 is 1.18 bits per heavy atom. The Hall–Kier alpha value is -0.770. The normalized spacial score (nSPS) is 26.9. The number of halogens is 2. The summed E-state index contributed by atoms with van der Waals surface area (Å²) < 4.78 is 0. The first-order valence-electron chi connectivity index (χ1n) is 8.07. The molecule has 1 amide bonds. The van der Waals surface area contributed by atoms with E-state index in [9.17, 15) is 4.79 Å². The van der Waals surface area contributed by atoms with Gasteiger partial charge >= 0.3 is 0 Å². The standard InChI is InChI=1S/C17H22Cl2N2O/c18-15-2-1-3-16(19)14(15)6-7-20-17(22)10-11-8-12-4-5-13(9-11)21-12/h1-3,11-13,21H,4-10H2,(H,20,22). The van der Waals surface area contributed by atoms with Crippen LogP contribution in [0, 0.1) is 5.92 Å². The first-order chi connectivity index (χ1) is 10.6. The molecule has 3 rings (SSSR count). The van der Waals surface area contributed by atoms with Crippen molar-refractivity contribution in [2.45, 2.75) is 50.6 Å². The number of piperidine rings is 1. The van der Waals surface area contributed by atoms with Crippen molar-refractivity contribution in [1.82, 2.24) is 10.6 Å². The first kappa shape index (κ1) is 16.1. The Bertz CT molecular complexity index is 517. The molecule has 0 radical (unpaired) electrons. The summed E-state index contributed by atoms with van der Waals surface area (Å²) in [5.74, 6) is 0.678. The van der Waals surface area contributed by atoms with Crippen molar-refractivity contribution in [3.63, 3.8) is 0 Å². The molecule has 1 aromatic rings. The van der Waals surface area contributed by atoms with Crippen LogP contribution in [0.15, 0.2) is 18.2 Å². The summed E-state index contributed by atoms with van der Waals surface area (Å²) in [6.07, 6.45) is 6.13. The van der Waals surface area contributed by atoms with Gasteiger partial charge in [0.25, 0.3) is 0 Å². The topological polar surface area (TPSA) is 41.1 Å². The van der Waals surface area contributed by atoms with Gasteiger partial charge in [0, 0.05) is 35.1 Å². The minimum atomic E-state index is 0.148. The Kier molecular flexibility index (Phi) is 5.27. The van der Waals surface area contributed by atoms with Gasteiger partial charge in [-0.3, -0.25) is 4.79 Å². The van der Waals surface area contributed by atoms with E-state index >= 15 is 0 Å². The highest BCUT2D eigenvalue weighted by atomic mass is 35.5. The number of rotatable bonds is 5. The highest BCUT2D eigenvalue weighted by Gasteiger charge is 2.34. The van der Waals surface area contributed by atoms with Crippen LogP contribution in [0.25, 0.3) is 0 Å². The summed E-state index contributed by atoms with van der Waals surface area (Å²) in [6, 6.07) is 6.76. The second-order valence-corrected chi connectivity index (χ2v) is 7.29. The summed E-state index contributed by atoms with van der Waals surface area (Å²) in [4.78, 5) is 12.1. The second kappa shape index (κ2) is 7.20. The van der Waals surface area contributed by atoms with E-state index in [4.69, 9.17) is 23.2 Å². The maximum atomic E-state index is 12.1. The predicted octanol–water partition coefficient (Wildman–Crippen LogP) is 3.57. The minimum Gasteiger partial charge on any atom is -0.356 e. The third kappa shape index (κ3) is 3.95. The fourth-order valence-corrected chi connectivity index (χ4v) is 4.36. The van der Waals surface area contributed by atoms with E-state index in [1.165, 1.54) is 12.8 Å². The first-order valence-corrected chi connectivity index (χ1v) is 8.83. The minimum absolute atomic E-state index is 0.148. The van der Waals surface area contributed by atoms with Crippen LogP contribution in [0.1, 0.15) is 37.7 Å². The lowest BCUT2D eigenvalue weighted by Gasteiger charge is -2.28. The maximum Gasteiger partial charge on any atom is 0.220 e. The van der Waals surface area contributed by atoms with Gasteiger partial charge < -0.3 is 10.6 Å². The van der Waals surface area contributed by atoms with E-state index in [1.54, 1.807) is 0 Å². The molecule has 2 atom stereocenters. The van der Waals surface area contributed by atoms with Crippen molar-refractivity contribution < 1.29 is 4.79 Å². The van der Waals surface area contributed by atoms with Gasteiger partial charge in [0.05, 0.1) is 0 Å². The van der Waals surface area contributed by atoms with Crippen LogP contribution in [0.5, 0.6) is 0 Å². The lowest BCUT2D eigenvalue weighted by molar-refractivity contribution is -0.122. The van der Waals surface area contributed by atoms with Gasteiger partial charge in [-0.1, -0.05) is 29.3 Å². The van der Waals surface area contributed by atoms with E-state index < -0.39 is 0 Å². The van der Waals surface area contributed by atoms with Crippen molar-refractivity contribution >= 4 is 29.1 Å². The summed E-state index contributed by atoms with van der Waals surface area (Å²) in [5, 5.41) is 7.94. The SMILES string of the molecule is O=C(CC1CC2CCC(C1)N2)NCCc1c(Cl)cccc1Cl. The van der Waals surface area contributed by atoms with Crippen LogP contribution >= 0.6 is 23.2 Å². The Balaban J connectivity index is 1.43. The predicted molar refractivity (Wildman–Crippen MR) is 90.5 cm³/mol. The molecule has 2 heterocycles. The molecule has 2 N–H and O–H groups in total. The lowest BCUT2D eigenvalue weighted by Crippen LogP contribution is -2.39. The molecule has 0 aliphatic carbocycles. The zero-order chi connectivity index (χ0) is 15.5. The van der Waals surface area contributed by atoms with Gasteiger partial charge in [-0.25, -0.2) is 0 Å². The largest absolute Gasteiger partial charge is 0.356 e. The summed E-state index contributed by atoms with van der Waals surface area (Å²) in [6.45, 7) is 0.583. The van der Waals surface area contributed by atoms with Gasteiger partial charge in [-0.05, 0) is 55.7 Å². The molecule has 5 heteroatoms. The fraction of sp³-hybridized carbons (Fsp3) is 0.588. The number of carbonyl (C=O) groups is 1. The molecule has 2 fully saturated rings. The molecule has 2 saturated heterocycles. The van der Waals surface area contributed by atoms with Crippen LogP contribution < -0.4 is 10.6 Å². The van der Waals surface area contributed by atoms with E-state index in [-0.39, 0.29) is 5.91 Å². The average molecular weight is 341 g/mol. The molecule has 0 aromatic heterocycles. The van der Waals surface area contributed by atoms with Gasteiger partial charge in [-0.15, -0.1) is 0 Å². The lowest BCUT2D eigenvalue weighted by atomic mass is 9.89. The molecule has 3 nitrogen and oxygen atoms in total. The van der Waals surface area contributed by atoms with Gasteiger partial charge in [0.1, 0.15) is 0 Å². The number of benzene rings is 1. The molecule has 1 aromatic carbocycles. The van der Waals surface area contributed by atoms with Crippen LogP contribution in [0.4, 0.5) is 0 Å². The van der Waals surface area contributed by atoms with E-state index in [1.807, 2.05) is 18.2 Å². The number of hydrogen-bond donors (Lipinski definition) is 2. The van der Waals surface area contributed by atoms with Crippen LogP contribution in [0.3, 0.4) is 0 Å². The van der Waals surface area contributed by atoms with E-state index in [2.05, 4.69) is 10.6 Å². The zero-order valence-electron chi connectivity index (χ0n) is 12.6. The van der Waals surface area contributed by atoms with Gasteiger partial charge in [-0.2, -0.15) is 0 Å². The fourth-order valence-electron chi connectivity index (χ4n) is 3.77. The van der Waals surface area contributed by atoms with Crippen LogP contribution in [0.2, 0.25) is 10.0 Å². The molecule has 2 unspecified atom stereocenters. The number of amides is 1. The third-order valence-corrected chi connectivity index (χ3v) is 5.51. The van der Waals surface area contributed by atoms with Crippen molar-refractivity contribution in [3.05, 3.63) is 33.8 Å². The quantitative estimate of drug-likeness (QED) is 0.860. The molecule has 2 bridgehead atoms. The summed E-state index contributed by atoms with van der Waals surface area (Å²) >= 11 is 12.3.